The molecule has 202 valence electrons. The SMILES string of the molecule is COC1(C(=O)NC(C)C)CCN(c2ccc(-c3cc(-c4cnn(C(C)C)c4)cn4ncc(C#N)c34)cn2)CC1. The summed E-state index contributed by atoms with van der Waals surface area (Å²) in [6.45, 7) is 9.40. The summed E-state index contributed by atoms with van der Waals surface area (Å²) in [6.07, 6.45) is 10.4. The lowest BCUT2D eigenvalue weighted by molar-refractivity contribution is -0.146. The first-order chi connectivity index (χ1) is 18.7. The maximum absolute atomic E-state index is 12.8. The summed E-state index contributed by atoms with van der Waals surface area (Å²) in [4.78, 5) is 19.8. The average molecular weight is 527 g/mol. The molecular weight excluding hydrogens is 492 g/mol. The van der Waals surface area contributed by atoms with E-state index in [-0.39, 0.29) is 18.0 Å². The van der Waals surface area contributed by atoms with Crippen LogP contribution in [0.5, 0.6) is 0 Å². The topological polar surface area (TPSA) is 113 Å². The fourth-order valence-corrected chi connectivity index (χ4v) is 5.10. The van der Waals surface area contributed by atoms with Gasteiger partial charge in [0.25, 0.3) is 5.91 Å². The van der Waals surface area contributed by atoms with Crippen molar-refractivity contribution >= 4 is 17.2 Å². The third kappa shape index (κ3) is 4.98. The summed E-state index contributed by atoms with van der Waals surface area (Å²) in [6, 6.07) is 8.66. The van der Waals surface area contributed by atoms with Gasteiger partial charge in [0.05, 0.1) is 23.5 Å². The summed E-state index contributed by atoms with van der Waals surface area (Å²) in [5.74, 6) is 0.784. The highest BCUT2D eigenvalue weighted by Crippen LogP contribution is 2.34. The lowest BCUT2D eigenvalue weighted by atomic mass is 9.89. The summed E-state index contributed by atoms with van der Waals surface area (Å²) >= 11 is 0. The Morgan fingerprint density at radius 1 is 1.05 bits per heavy atom. The fourth-order valence-electron chi connectivity index (χ4n) is 5.10. The van der Waals surface area contributed by atoms with Crippen LogP contribution in [-0.2, 0) is 9.53 Å². The number of nitrogens with one attached hydrogen (secondary N) is 1. The number of hydrogen-bond donors (Lipinski definition) is 1. The van der Waals surface area contributed by atoms with E-state index in [1.807, 2.05) is 55.4 Å². The van der Waals surface area contributed by atoms with Crippen molar-refractivity contribution in [2.75, 3.05) is 25.1 Å². The van der Waals surface area contributed by atoms with Crippen molar-refractivity contribution < 1.29 is 9.53 Å². The van der Waals surface area contributed by atoms with E-state index >= 15 is 0 Å². The number of methoxy groups -OCH3 is 1. The van der Waals surface area contributed by atoms with Crippen molar-refractivity contribution in [1.29, 1.82) is 5.26 Å². The van der Waals surface area contributed by atoms with E-state index in [0.717, 1.165) is 33.6 Å². The molecule has 0 bridgehead atoms. The minimum Gasteiger partial charge on any atom is -0.368 e. The van der Waals surface area contributed by atoms with Gasteiger partial charge in [-0.3, -0.25) is 9.48 Å². The van der Waals surface area contributed by atoms with Crippen LogP contribution in [0.4, 0.5) is 5.82 Å². The zero-order valence-electron chi connectivity index (χ0n) is 23.0. The zero-order valence-corrected chi connectivity index (χ0v) is 23.0. The first kappa shape index (κ1) is 26.4. The number of piperidine rings is 1. The van der Waals surface area contributed by atoms with Crippen molar-refractivity contribution in [3.05, 3.63) is 54.7 Å². The van der Waals surface area contributed by atoms with Gasteiger partial charge in [0.15, 0.2) is 0 Å². The average Bonchev–Trinajstić information content (AvgIpc) is 3.60. The largest absolute Gasteiger partial charge is 0.368 e. The first-order valence-electron chi connectivity index (χ1n) is 13.3. The molecule has 5 rings (SSSR count). The van der Waals surface area contributed by atoms with Gasteiger partial charge in [-0.05, 0) is 45.9 Å². The molecule has 4 aromatic rings. The van der Waals surface area contributed by atoms with E-state index in [4.69, 9.17) is 9.72 Å². The lowest BCUT2D eigenvalue weighted by Crippen LogP contribution is -2.56. The Hall–Kier alpha value is -4.23. The van der Waals surface area contributed by atoms with Gasteiger partial charge in [-0.25, -0.2) is 9.50 Å². The molecule has 1 aliphatic heterocycles. The Labute approximate surface area is 228 Å². The number of fused-ring (bicyclic) bond motifs is 1. The molecule has 4 aromatic heterocycles. The Morgan fingerprint density at radius 2 is 1.82 bits per heavy atom. The van der Waals surface area contributed by atoms with Crippen LogP contribution in [0.1, 0.15) is 52.1 Å². The van der Waals surface area contributed by atoms with E-state index in [1.54, 1.807) is 17.8 Å². The van der Waals surface area contributed by atoms with Gasteiger partial charge in [0.1, 0.15) is 17.5 Å². The van der Waals surface area contributed by atoms with Gasteiger partial charge < -0.3 is 15.0 Å². The summed E-state index contributed by atoms with van der Waals surface area (Å²) in [5, 5.41) is 21.7. The zero-order chi connectivity index (χ0) is 27.7. The van der Waals surface area contributed by atoms with Gasteiger partial charge in [-0.1, -0.05) is 0 Å². The predicted octanol–water partition coefficient (Wildman–Crippen LogP) is 4.22. The molecule has 1 saturated heterocycles. The molecule has 1 fully saturated rings. The number of carbonyl (C=O) groups excluding carboxylic acids is 1. The quantitative estimate of drug-likeness (QED) is 0.383. The first-order valence-corrected chi connectivity index (χ1v) is 13.3. The molecule has 0 saturated carbocycles. The molecule has 5 heterocycles. The summed E-state index contributed by atoms with van der Waals surface area (Å²) < 4.78 is 9.39. The number of aromatic nitrogens is 5. The normalized spacial score (nSPS) is 15.2. The van der Waals surface area contributed by atoms with E-state index in [0.29, 0.717) is 31.5 Å². The Morgan fingerprint density at radius 3 is 2.41 bits per heavy atom. The number of carbonyl (C=O) groups is 1. The number of amides is 1. The van der Waals surface area contributed by atoms with Gasteiger partial charge in [0, 0.05) is 86.0 Å². The highest BCUT2D eigenvalue weighted by atomic mass is 16.5. The number of anilines is 1. The van der Waals surface area contributed by atoms with Crippen molar-refractivity contribution in [2.24, 2.45) is 0 Å². The Bertz CT molecular complexity index is 1520. The summed E-state index contributed by atoms with van der Waals surface area (Å²) in [7, 11) is 1.61. The smallest absolute Gasteiger partial charge is 0.252 e. The van der Waals surface area contributed by atoms with Crippen LogP contribution in [0.2, 0.25) is 0 Å². The van der Waals surface area contributed by atoms with Crippen molar-refractivity contribution in [3.8, 4) is 28.3 Å². The second kappa shape index (κ2) is 10.5. The van der Waals surface area contributed by atoms with Crippen molar-refractivity contribution in [3.63, 3.8) is 0 Å². The number of pyridine rings is 2. The molecule has 1 N–H and O–H groups in total. The third-order valence-electron chi connectivity index (χ3n) is 7.37. The van der Waals surface area contributed by atoms with Gasteiger partial charge >= 0.3 is 0 Å². The monoisotopic (exact) mass is 526 g/mol. The van der Waals surface area contributed by atoms with E-state index in [2.05, 4.69) is 46.4 Å². The molecule has 0 unspecified atom stereocenters. The number of rotatable bonds is 7. The van der Waals surface area contributed by atoms with Crippen molar-refractivity contribution in [1.82, 2.24) is 29.7 Å². The lowest BCUT2D eigenvalue weighted by Gasteiger charge is -2.40. The third-order valence-corrected chi connectivity index (χ3v) is 7.37. The van der Waals surface area contributed by atoms with Crippen LogP contribution in [0, 0.1) is 11.3 Å². The second-order valence-corrected chi connectivity index (χ2v) is 10.6. The van der Waals surface area contributed by atoms with Gasteiger partial charge in [-0.15, -0.1) is 0 Å². The van der Waals surface area contributed by atoms with Crippen molar-refractivity contribution in [2.45, 2.75) is 58.2 Å². The molecule has 1 aliphatic rings. The molecular formula is C29H34N8O2. The van der Waals surface area contributed by atoms with Gasteiger partial charge in [0.2, 0.25) is 0 Å². The Kier molecular flexibility index (Phi) is 7.10. The predicted molar refractivity (Wildman–Crippen MR) is 149 cm³/mol. The van der Waals surface area contributed by atoms with Crippen LogP contribution in [0.15, 0.2) is 49.2 Å². The van der Waals surface area contributed by atoms with Crippen LogP contribution in [-0.4, -0.2) is 62.1 Å². The molecule has 0 aliphatic carbocycles. The minimum atomic E-state index is -0.814. The second-order valence-electron chi connectivity index (χ2n) is 10.6. The minimum absolute atomic E-state index is 0.0557. The van der Waals surface area contributed by atoms with Crippen LogP contribution < -0.4 is 10.2 Å². The maximum atomic E-state index is 12.8. The number of nitriles is 1. The highest BCUT2D eigenvalue weighted by Gasteiger charge is 2.42. The van der Waals surface area contributed by atoms with Crippen LogP contribution in [0.25, 0.3) is 27.8 Å². The number of nitrogens with zero attached hydrogens (tertiary/aromatic N) is 7. The van der Waals surface area contributed by atoms with Crippen LogP contribution in [0.3, 0.4) is 0 Å². The molecule has 10 nitrogen and oxygen atoms in total. The van der Waals surface area contributed by atoms with Crippen LogP contribution >= 0.6 is 0 Å². The Balaban J connectivity index is 1.43. The molecule has 1 amide bonds. The van der Waals surface area contributed by atoms with Gasteiger partial charge in [-0.2, -0.15) is 15.5 Å². The molecule has 0 radical (unpaired) electrons. The highest BCUT2D eigenvalue weighted by molar-refractivity contribution is 5.88. The fraction of sp³-hybridized carbons (Fsp3) is 0.414. The van der Waals surface area contributed by atoms with E-state index in [9.17, 15) is 10.1 Å². The molecule has 39 heavy (non-hydrogen) atoms. The summed E-state index contributed by atoms with van der Waals surface area (Å²) in [5.41, 5.74) is 4.12. The number of hydrogen-bond acceptors (Lipinski definition) is 7. The molecule has 0 atom stereocenters. The molecule has 0 aromatic carbocycles. The number of ether oxygens (including phenoxy) is 1. The van der Waals surface area contributed by atoms with E-state index < -0.39 is 5.60 Å². The molecule has 10 heteroatoms. The van der Waals surface area contributed by atoms with E-state index in [1.165, 1.54) is 0 Å². The molecule has 0 spiro atoms. The standard InChI is InChI=1S/C29H34N8O2/c1-19(2)34-28(38)29(39-5)8-10-35(11-9-29)26-7-6-21(14-31-26)25-12-22(24-16-32-36(18-24)20(3)4)17-37-27(25)23(13-30)15-33-37/h6-7,12,14-20H,8-11H2,1-5H3,(H,34,38). The maximum Gasteiger partial charge on any atom is 0.252 e.